The zero-order chi connectivity index (χ0) is 19.0. The first-order valence-electron chi connectivity index (χ1n) is 9.81. The lowest BCUT2D eigenvalue weighted by Gasteiger charge is -2.26. The summed E-state index contributed by atoms with van der Waals surface area (Å²) in [6.45, 7) is 5.54. The van der Waals surface area contributed by atoms with Crippen LogP contribution in [0.15, 0.2) is 48.5 Å². The summed E-state index contributed by atoms with van der Waals surface area (Å²) in [7, 11) is 0. The Labute approximate surface area is 161 Å². The quantitative estimate of drug-likeness (QED) is 0.860. The molecule has 1 aliphatic carbocycles. The van der Waals surface area contributed by atoms with Crippen molar-refractivity contribution in [3.05, 3.63) is 65.2 Å². The van der Waals surface area contributed by atoms with Crippen LogP contribution in [-0.4, -0.2) is 34.7 Å². The first kappa shape index (κ1) is 18.1. The molecule has 2 amide bonds. The molecule has 2 aliphatic rings. The Morgan fingerprint density at radius 1 is 1.11 bits per heavy atom. The van der Waals surface area contributed by atoms with Crippen LogP contribution >= 0.6 is 0 Å². The zero-order valence-electron chi connectivity index (χ0n) is 16.1. The highest BCUT2D eigenvalue weighted by Gasteiger charge is 2.49. The molecule has 0 bridgehead atoms. The van der Waals surface area contributed by atoms with Crippen molar-refractivity contribution in [1.29, 1.82) is 0 Å². The van der Waals surface area contributed by atoms with Gasteiger partial charge in [-0.2, -0.15) is 0 Å². The highest BCUT2D eigenvalue weighted by Crippen LogP contribution is 2.45. The average Bonchev–Trinajstić information content (AvgIpc) is 3.13. The molecule has 1 aliphatic heterocycles. The number of rotatable bonds is 3. The molecule has 27 heavy (non-hydrogen) atoms. The number of aryl methyl sites for hydroxylation is 2. The predicted octanol–water partition coefficient (Wildman–Crippen LogP) is 4.15. The summed E-state index contributed by atoms with van der Waals surface area (Å²) in [4.78, 5) is 14.6. The third-order valence-corrected chi connectivity index (χ3v) is 6.15. The number of hydrogen-bond acceptors (Lipinski definition) is 2. The molecule has 0 radical (unpaired) electrons. The summed E-state index contributed by atoms with van der Waals surface area (Å²) in [5, 5.41) is 14.1. The number of urea groups is 1. The van der Waals surface area contributed by atoms with Crippen LogP contribution in [0.5, 0.6) is 0 Å². The first-order valence-corrected chi connectivity index (χ1v) is 9.81. The molecule has 4 nitrogen and oxygen atoms in total. The second-order valence-electron chi connectivity index (χ2n) is 8.47. The second kappa shape index (κ2) is 7.01. The van der Waals surface area contributed by atoms with Crippen LogP contribution in [0, 0.1) is 25.7 Å². The standard InChI is InChI=1S/C23H28N2O2/c1-16-8-9-21(17(2)10-16)24-22(26)25-14-19-12-23(27,13-20(19)15-25)11-18-6-4-3-5-7-18/h3-10,19-20,27H,11-15H2,1-2H3,(H,24,26)/t19-,20+,23+. The fraction of sp³-hybridized carbons (Fsp3) is 0.435. The molecule has 0 spiro atoms. The minimum Gasteiger partial charge on any atom is -0.390 e. The topological polar surface area (TPSA) is 52.6 Å². The van der Waals surface area contributed by atoms with Crippen LogP contribution in [0.1, 0.15) is 29.5 Å². The Bertz CT molecular complexity index is 820. The van der Waals surface area contributed by atoms with Crippen LogP contribution in [-0.2, 0) is 6.42 Å². The van der Waals surface area contributed by atoms with Gasteiger partial charge >= 0.3 is 6.03 Å². The minimum absolute atomic E-state index is 0.0250. The summed E-state index contributed by atoms with van der Waals surface area (Å²) in [5.41, 5.74) is 3.71. The van der Waals surface area contributed by atoms with Gasteiger partial charge in [0.2, 0.25) is 0 Å². The molecule has 4 rings (SSSR count). The highest BCUT2D eigenvalue weighted by molar-refractivity contribution is 5.90. The molecule has 1 saturated heterocycles. The number of amides is 2. The van der Waals surface area contributed by atoms with Crippen LogP contribution in [0.3, 0.4) is 0 Å². The van der Waals surface area contributed by atoms with Gasteiger partial charge in [0.25, 0.3) is 0 Å². The van der Waals surface area contributed by atoms with Crippen molar-refractivity contribution >= 4 is 11.7 Å². The Morgan fingerprint density at radius 3 is 2.41 bits per heavy atom. The smallest absolute Gasteiger partial charge is 0.321 e. The number of aliphatic hydroxyl groups is 1. The van der Waals surface area contributed by atoms with E-state index >= 15 is 0 Å². The summed E-state index contributed by atoms with van der Waals surface area (Å²) in [5.74, 6) is 0.784. The lowest BCUT2D eigenvalue weighted by molar-refractivity contribution is 0.0369. The van der Waals surface area contributed by atoms with Crippen LogP contribution in [0.25, 0.3) is 0 Å². The van der Waals surface area contributed by atoms with Gasteiger partial charge in [-0.1, -0.05) is 48.0 Å². The normalized spacial score (nSPS) is 26.9. The summed E-state index contributed by atoms with van der Waals surface area (Å²) < 4.78 is 0. The van der Waals surface area contributed by atoms with Gasteiger partial charge in [-0.3, -0.25) is 0 Å². The van der Waals surface area contributed by atoms with E-state index in [0.29, 0.717) is 18.3 Å². The molecule has 1 heterocycles. The molecular formula is C23H28N2O2. The maximum Gasteiger partial charge on any atom is 0.321 e. The van der Waals surface area contributed by atoms with Gasteiger partial charge in [0.05, 0.1) is 5.60 Å². The number of hydrogen-bond donors (Lipinski definition) is 2. The highest BCUT2D eigenvalue weighted by atomic mass is 16.3. The monoisotopic (exact) mass is 364 g/mol. The Morgan fingerprint density at radius 2 is 1.78 bits per heavy atom. The van der Waals surface area contributed by atoms with Crippen LogP contribution in [0.4, 0.5) is 10.5 Å². The van der Waals surface area contributed by atoms with E-state index in [1.807, 2.05) is 42.2 Å². The number of anilines is 1. The Hall–Kier alpha value is -2.33. The molecule has 0 unspecified atom stereocenters. The number of nitrogens with zero attached hydrogens (tertiary/aromatic N) is 1. The molecular weight excluding hydrogens is 336 g/mol. The summed E-state index contributed by atoms with van der Waals surface area (Å²) in [6.07, 6.45) is 2.26. The SMILES string of the molecule is Cc1ccc(NC(=O)N2C[C@@H]3C[C@](O)(Cc4ccccc4)C[C@@H]3C2)c(C)c1. The van der Waals surface area contributed by atoms with Crippen molar-refractivity contribution in [3.63, 3.8) is 0 Å². The van der Waals surface area contributed by atoms with E-state index in [9.17, 15) is 9.90 Å². The van der Waals surface area contributed by atoms with Gasteiger partial charge < -0.3 is 15.3 Å². The van der Waals surface area contributed by atoms with Crippen molar-refractivity contribution in [1.82, 2.24) is 4.90 Å². The molecule has 2 aromatic rings. The van der Waals surface area contributed by atoms with E-state index in [1.54, 1.807) is 0 Å². The van der Waals surface area contributed by atoms with Crippen molar-refractivity contribution < 1.29 is 9.90 Å². The van der Waals surface area contributed by atoms with E-state index in [-0.39, 0.29) is 6.03 Å². The van der Waals surface area contributed by atoms with E-state index in [4.69, 9.17) is 0 Å². The largest absolute Gasteiger partial charge is 0.390 e. The number of likely N-dealkylation sites (tertiary alicyclic amines) is 1. The predicted molar refractivity (Wildman–Crippen MR) is 108 cm³/mol. The molecule has 3 atom stereocenters. The van der Waals surface area contributed by atoms with Gasteiger partial charge in [0, 0.05) is 25.2 Å². The van der Waals surface area contributed by atoms with Gasteiger partial charge in [0.15, 0.2) is 0 Å². The van der Waals surface area contributed by atoms with Crippen LogP contribution < -0.4 is 5.32 Å². The van der Waals surface area contributed by atoms with E-state index in [2.05, 4.69) is 30.4 Å². The van der Waals surface area contributed by atoms with Crippen molar-refractivity contribution in [2.75, 3.05) is 18.4 Å². The number of carbonyl (C=O) groups excluding carboxylic acids is 1. The van der Waals surface area contributed by atoms with E-state index < -0.39 is 5.60 Å². The summed E-state index contributed by atoms with van der Waals surface area (Å²) >= 11 is 0. The third-order valence-electron chi connectivity index (χ3n) is 6.15. The summed E-state index contributed by atoms with van der Waals surface area (Å²) in [6, 6.07) is 16.2. The maximum absolute atomic E-state index is 12.7. The Kier molecular flexibility index (Phi) is 4.68. The van der Waals surface area contributed by atoms with Crippen LogP contribution in [0.2, 0.25) is 0 Å². The Balaban J connectivity index is 1.36. The van der Waals surface area contributed by atoms with Crippen molar-refractivity contribution in [3.8, 4) is 0 Å². The lowest BCUT2D eigenvalue weighted by Crippen LogP contribution is -2.36. The molecule has 2 N–H and O–H groups in total. The fourth-order valence-corrected chi connectivity index (χ4v) is 4.89. The molecule has 142 valence electrons. The maximum atomic E-state index is 12.7. The average molecular weight is 364 g/mol. The number of benzene rings is 2. The number of nitrogens with one attached hydrogen (secondary N) is 1. The van der Waals surface area contributed by atoms with E-state index in [0.717, 1.165) is 37.2 Å². The van der Waals surface area contributed by atoms with Gasteiger partial charge in [0.1, 0.15) is 0 Å². The molecule has 2 fully saturated rings. The first-order chi connectivity index (χ1) is 12.9. The fourth-order valence-electron chi connectivity index (χ4n) is 4.89. The van der Waals surface area contributed by atoms with Crippen molar-refractivity contribution in [2.24, 2.45) is 11.8 Å². The van der Waals surface area contributed by atoms with Gasteiger partial charge in [-0.15, -0.1) is 0 Å². The third kappa shape index (κ3) is 3.86. The van der Waals surface area contributed by atoms with Crippen molar-refractivity contribution in [2.45, 2.75) is 38.7 Å². The number of carbonyl (C=O) groups is 1. The van der Waals surface area contributed by atoms with E-state index in [1.165, 1.54) is 11.1 Å². The zero-order valence-corrected chi connectivity index (χ0v) is 16.1. The molecule has 1 saturated carbocycles. The second-order valence-corrected chi connectivity index (χ2v) is 8.47. The number of fused-ring (bicyclic) bond motifs is 1. The minimum atomic E-state index is -0.632. The lowest BCUT2D eigenvalue weighted by atomic mass is 9.91. The van der Waals surface area contributed by atoms with Gasteiger partial charge in [-0.05, 0) is 55.7 Å². The molecule has 4 heteroatoms. The molecule has 0 aromatic heterocycles. The van der Waals surface area contributed by atoms with Gasteiger partial charge in [-0.25, -0.2) is 4.79 Å². The molecule has 2 aromatic carbocycles.